The van der Waals surface area contributed by atoms with Gasteiger partial charge in [-0.15, -0.1) is 0 Å². The number of para-hydroxylation sites is 1. The lowest BCUT2D eigenvalue weighted by atomic mass is 9.98. The highest BCUT2D eigenvalue weighted by Gasteiger charge is 2.35. The largest absolute Gasteiger partial charge is 0.390 e. The van der Waals surface area contributed by atoms with Crippen molar-refractivity contribution in [3.8, 4) is 0 Å². The lowest BCUT2D eigenvalue weighted by Crippen LogP contribution is -2.48. The van der Waals surface area contributed by atoms with E-state index in [9.17, 15) is 9.90 Å². The first kappa shape index (κ1) is 18.3. The van der Waals surface area contributed by atoms with Crippen LogP contribution in [0.2, 0.25) is 0 Å². The number of carbonyl (C=O) groups excluding carboxylic acids is 1. The second-order valence-corrected chi connectivity index (χ2v) is 7.11. The van der Waals surface area contributed by atoms with Crippen molar-refractivity contribution in [2.45, 2.75) is 37.6 Å². The monoisotopic (exact) mass is 347 g/mol. The molecule has 1 amide bonds. The van der Waals surface area contributed by atoms with E-state index in [0.717, 1.165) is 51.3 Å². The van der Waals surface area contributed by atoms with Gasteiger partial charge in [-0.2, -0.15) is 0 Å². The summed E-state index contributed by atoms with van der Waals surface area (Å²) < 4.78 is 5.95. The topological polar surface area (TPSA) is 65.0 Å². The first-order chi connectivity index (χ1) is 12.1. The number of hydrogen-bond donors (Lipinski definition) is 2. The fourth-order valence-electron chi connectivity index (χ4n) is 3.46. The van der Waals surface area contributed by atoms with Crippen LogP contribution >= 0.6 is 0 Å². The van der Waals surface area contributed by atoms with Crippen LogP contribution in [-0.4, -0.2) is 78.9 Å². The number of likely N-dealkylation sites (N-methyl/N-ethyl adjacent to an activating group) is 1. The minimum atomic E-state index is -0.786. The first-order valence-corrected chi connectivity index (χ1v) is 9.22. The highest BCUT2D eigenvalue weighted by atomic mass is 16.5. The number of benzene rings is 1. The van der Waals surface area contributed by atoms with Crippen molar-refractivity contribution in [2.24, 2.45) is 0 Å². The van der Waals surface area contributed by atoms with Crippen LogP contribution in [0.3, 0.4) is 0 Å². The lowest BCUT2D eigenvalue weighted by Gasteiger charge is -2.36. The van der Waals surface area contributed by atoms with Crippen molar-refractivity contribution in [1.82, 2.24) is 9.80 Å². The maximum Gasteiger partial charge on any atom is 0.256 e. The average Bonchev–Trinajstić information content (AvgIpc) is 2.63. The molecule has 0 aromatic heterocycles. The third-order valence-corrected chi connectivity index (χ3v) is 5.14. The van der Waals surface area contributed by atoms with E-state index in [1.165, 1.54) is 0 Å². The Labute approximate surface area is 149 Å². The molecule has 2 aliphatic heterocycles. The second kappa shape index (κ2) is 8.76. The molecule has 138 valence electrons. The predicted octanol–water partition coefficient (Wildman–Crippen LogP) is 1.17. The summed E-state index contributed by atoms with van der Waals surface area (Å²) in [4.78, 5) is 17.2. The van der Waals surface area contributed by atoms with Crippen LogP contribution in [0.4, 0.5) is 5.69 Å². The molecule has 25 heavy (non-hydrogen) atoms. The normalized spacial score (nSPS) is 28.6. The molecule has 3 unspecified atom stereocenters. The van der Waals surface area contributed by atoms with Crippen molar-refractivity contribution >= 4 is 11.6 Å². The van der Waals surface area contributed by atoms with Crippen LogP contribution in [0.15, 0.2) is 30.3 Å². The van der Waals surface area contributed by atoms with E-state index in [-0.39, 0.29) is 12.0 Å². The number of nitrogens with one attached hydrogen (secondary N) is 1. The summed E-state index contributed by atoms with van der Waals surface area (Å²) in [7, 11) is 2.15. The Bertz CT molecular complexity index is 546. The lowest BCUT2D eigenvalue weighted by molar-refractivity contribution is -0.153. The van der Waals surface area contributed by atoms with Crippen molar-refractivity contribution in [1.29, 1.82) is 0 Å². The molecule has 2 N–H and O–H groups in total. The van der Waals surface area contributed by atoms with E-state index < -0.39 is 12.2 Å². The van der Waals surface area contributed by atoms with Gasteiger partial charge in [0.1, 0.15) is 0 Å². The zero-order valence-corrected chi connectivity index (χ0v) is 14.9. The summed E-state index contributed by atoms with van der Waals surface area (Å²) in [6, 6.07) is 9.30. The molecule has 6 heteroatoms. The molecule has 3 atom stereocenters. The van der Waals surface area contributed by atoms with E-state index in [0.29, 0.717) is 6.42 Å². The number of piperazine rings is 1. The van der Waals surface area contributed by atoms with Gasteiger partial charge >= 0.3 is 0 Å². The number of nitrogens with zero attached hydrogens (tertiary/aromatic N) is 2. The van der Waals surface area contributed by atoms with Crippen LogP contribution in [0.25, 0.3) is 0 Å². The molecule has 2 heterocycles. The number of amides is 1. The Kier molecular flexibility index (Phi) is 6.42. The molecule has 2 aliphatic rings. The maximum atomic E-state index is 12.5. The van der Waals surface area contributed by atoms with Crippen LogP contribution in [0, 0.1) is 0 Å². The Morgan fingerprint density at radius 3 is 2.64 bits per heavy atom. The summed E-state index contributed by atoms with van der Waals surface area (Å²) in [6.07, 6.45) is 0.847. The number of hydrogen-bond acceptors (Lipinski definition) is 5. The standard InChI is InChI=1S/C19H29N3O3/c1-21-11-13-22(14-12-21)10-9-16-7-8-17(23)18(25-16)19(24)20-15-5-3-2-4-6-15/h2-6,16-18,23H,7-14H2,1H3,(H,20,24). The summed E-state index contributed by atoms with van der Waals surface area (Å²) in [5.74, 6) is -0.261. The van der Waals surface area contributed by atoms with Gasteiger partial charge in [0.2, 0.25) is 0 Å². The third-order valence-electron chi connectivity index (χ3n) is 5.14. The quantitative estimate of drug-likeness (QED) is 0.837. The summed E-state index contributed by atoms with van der Waals surface area (Å²) in [5, 5.41) is 13.0. The van der Waals surface area contributed by atoms with E-state index >= 15 is 0 Å². The molecular formula is C19H29N3O3. The number of aliphatic hydroxyl groups is 1. The summed E-state index contributed by atoms with van der Waals surface area (Å²) >= 11 is 0. The number of aliphatic hydroxyl groups excluding tert-OH is 1. The van der Waals surface area contributed by atoms with Gasteiger partial charge < -0.3 is 25.0 Å². The summed E-state index contributed by atoms with van der Waals surface area (Å²) in [5.41, 5.74) is 0.725. The van der Waals surface area contributed by atoms with Gasteiger partial charge in [-0.3, -0.25) is 4.79 Å². The molecule has 2 fully saturated rings. The molecule has 6 nitrogen and oxygen atoms in total. The minimum Gasteiger partial charge on any atom is -0.390 e. The fourth-order valence-corrected chi connectivity index (χ4v) is 3.46. The SMILES string of the molecule is CN1CCN(CCC2CCC(O)C(C(=O)Nc3ccccc3)O2)CC1. The molecule has 1 aromatic rings. The van der Waals surface area contributed by atoms with Gasteiger partial charge in [0.25, 0.3) is 5.91 Å². The van der Waals surface area contributed by atoms with Gasteiger partial charge in [0, 0.05) is 38.4 Å². The molecule has 0 bridgehead atoms. The molecule has 1 aromatic carbocycles. The van der Waals surface area contributed by atoms with Gasteiger partial charge in [0.15, 0.2) is 6.10 Å². The third kappa shape index (κ3) is 5.25. The molecule has 2 saturated heterocycles. The van der Waals surface area contributed by atoms with Crippen molar-refractivity contribution in [3.05, 3.63) is 30.3 Å². The van der Waals surface area contributed by atoms with Crippen molar-refractivity contribution in [2.75, 3.05) is 45.1 Å². The van der Waals surface area contributed by atoms with Gasteiger partial charge in [-0.25, -0.2) is 0 Å². The van der Waals surface area contributed by atoms with Gasteiger partial charge in [-0.1, -0.05) is 18.2 Å². The molecular weight excluding hydrogens is 318 g/mol. The van der Waals surface area contributed by atoms with Crippen LogP contribution in [-0.2, 0) is 9.53 Å². The zero-order chi connectivity index (χ0) is 17.6. The highest BCUT2D eigenvalue weighted by molar-refractivity contribution is 5.94. The van der Waals surface area contributed by atoms with Crippen LogP contribution in [0.5, 0.6) is 0 Å². The maximum absolute atomic E-state index is 12.5. The van der Waals surface area contributed by atoms with Gasteiger partial charge in [-0.05, 0) is 38.4 Å². The first-order valence-electron chi connectivity index (χ1n) is 9.22. The smallest absolute Gasteiger partial charge is 0.256 e. The Morgan fingerprint density at radius 1 is 1.20 bits per heavy atom. The van der Waals surface area contributed by atoms with E-state index in [4.69, 9.17) is 4.74 Å². The minimum absolute atomic E-state index is 0.0366. The van der Waals surface area contributed by atoms with Crippen LogP contribution in [0.1, 0.15) is 19.3 Å². The van der Waals surface area contributed by atoms with E-state index in [2.05, 4.69) is 22.2 Å². The van der Waals surface area contributed by atoms with E-state index in [1.807, 2.05) is 30.3 Å². The zero-order valence-electron chi connectivity index (χ0n) is 14.9. The number of ether oxygens (including phenoxy) is 1. The van der Waals surface area contributed by atoms with E-state index in [1.54, 1.807) is 0 Å². The molecule has 0 radical (unpaired) electrons. The van der Waals surface area contributed by atoms with Crippen molar-refractivity contribution < 1.29 is 14.6 Å². The molecule has 0 aliphatic carbocycles. The molecule has 0 spiro atoms. The van der Waals surface area contributed by atoms with Crippen LogP contribution < -0.4 is 5.32 Å². The number of anilines is 1. The Balaban J connectivity index is 1.48. The van der Waals surface area contributed by atoms with Gasteiger partial charge in [0.05, 0.1) is 12.2 Å². The highest BCUT2D eigenvalue weighted by Crippen LogP contribution is 2.23. The summed E-state index contributed by atoms with van der Waals surface area (Å²) in [6.45, 7) is 5.37. The number of carbonyl (C=O) groups is 1. The molecule has 3 rings (SSSR count). The van der Waals surface area contributed by atoms with Crippen molar-refractivity contribution in [3.63, 3.8) is 0 Å². The predicted molar refractivity (Wildman–Crippen MR) is 97.5 cm³/mol. The Hall–Kier alpha value is -1.47. The number of rotatable bonds is 5. The second-order valence-electron chi connectivity index (χ2n) is 7.11. The average molecular weight is 347 g/mol. The molecule has 0 saturated carbocycles. The fraction of sp³-hybridized carbons (Fsp3) is 0.632. The Morgan fingerprint density at radius 2 is 1.92 bits per heavy atom.